The van der Waals surface area contributed by atoms with E-state index in [4.69, 9.17) is 6.42 Å². The van der Waals surface area contributed by atoms with Crippen LogP contribution in [0.2, 0.25) is 0 Å². The minimum atomic E-state index is 0.532. The van der Waals surface area contributed by atoms with E-state index < -0.39 is 0 Å². The predicted octanol–water partition coefficient (Wildman–Crippen LogP) is 0.546. The predicted molar refractivity (Wildman–Crippen MR) is 44.1 cm³/mol. The fraction of sp³-hybridized carbons (Fsp3) is 0.250. The highest BCUT2D eigenvalue weighted by atomic mass is 15.2. The Morgan fingerprint density at radius 1 is 1.55 bits per heavy atom. The van der Waals surface area contributed by atoms with Gasteiger partial charge in [0.2, 0.25) is 5.95 Å². The van der Waals surface area contributed by atoms with Crippen LogP contribution in [0.25, 0.3) is 0 Å². The van der Waals surface area contributed by atoms with E-state index in [1.807, 2.05) is 7.05 Å². The van der Waals surface area contributed by atoms with Crippen molar-refractivity contribution in [2.24, 2.45) is 0 Å². The summed E-state index contributed by atoms with van der Waals surface area (Å²) in [6, 6.07) is 1.77. The third-order valence-corrected chi connectivity index (χ3v) is 1.22. The summed E-state index contributed by atoms with van der Waals surface area (Å²) in [5.74, 6) is 3.17. The zero-order valence-electron chi connectivity index (χ0n) is 6.36. The smallest absolute Gasteiger partial charge is 0.225 e. The third-order valence-electron chi connectivity index (χ3n) is 1.22. The largest absolute Gasteiger partial charge is 0.333 e. The van der Waals surface area contributed by atoms with Gasteiger partial charge in [0, 0.05) is 19.4 Å². The van der Waals surface area contributed by atoms with E-state index in [1.165, 1.54) is 0 Å². The van der Waals surface area contributed by atoms with Gasteiger partial charge in [-0.25, -0.2) is 9.97 Å². The zero-order chi connectivity index (χ0) is 8.10. The molecule has 0 fully saturated rings. The maximum absolute atomic E-state index is 5.12. The van der Waals surface area contributed by atoms with Crippen LogP contribution in [0, 0.1) is 12.3 Å². The van der Waals surface area contributed by atoms with Gasteiger partial charge >= 0.3 is 0 Å². The van der Waals surface area contributed by atoms with Gasteiger partial charge in [0.1, 0.15) is 0 Å². The molecular weight excluding hydrogens is 138 g/mol. The van der Waals surface area contributed by atoms with Crippen molar-refractivity contribution >= 4 is 5.95 Å². The van der Waals surface area contributed by atoms with Gasteiger partial charge in [-0.15, -0.1) is 6.42 Å². The second kappa shape index (κ2) is 3.57. The molecule has 0 saturated heterocycles. The summed E-state index contributed by atoms with van der Waals surface area (Å²) in [6.45, 7) is 0.532. The van der Waals surface area contributed by atoms with Crippen LogP contribution < -0.4 is 4.90 Å². The standard InChI is InChI=1S/C8H9N3/c1-3-7-11(2)8-9-5-4-6-10-8/h1,4-6H,7H2,2H3. The maximum atomic E-state index is 5.12. The Morgan fingerprint density at radius 3 is 2.73 bits per heavy atom. The lowest BCUT2D eigenvalue weighted by Gasteiger charge is -2.11. The average Bonchev–Trinajstić information content (AvgIpc) is 2.07. The summed E-state index contributed by atoms with van der Waals surface area (Å²) in [5, 5.41) is 0. The highest BCUT2D eigenvalue weighted by molar-refractivity contribution is 5.28. The SMILES string of the molecule is C#CCN(C)c1ncccn1. The number of aromatic nitrogens is 2. The van der Waals surface area contributed by atoms with Crippen LogP contribution in [0.1, 0.15) is 0 Å². The van der Waals surface area contributed by atoms with Gasteiger partial charge in [-0.1, -0.05) is 5.92 Å². The highest BCUT2D eigenvalue weighted by Crippen LogP contribution is 1.99. The lowest BCUT2D eigenvalue weighted by molar-refractivity contribution is 0.953. The normalized spacial score (nSPS) is 8.73. The van der Waals surface area contributed by atoms with Crippen molar-refractivity contribution in [1.82, 2.24) is 9.97 Å². The fourth-order valence-corrected chi connectivity index (χ4v) is 0.696. The van der Waals surface area contributed by atoms with Gasteiger partial charge in [0.05, 0.1) is 6.54 Å². The maximum Gasteiger partial charge on any atom is 0.225 e. The van der Waals surface area contributed by atoms with Crippen molar-refractivity contribution in [3.05, 3.63) is 18.5 Å². The average molecular weight is 147 g/mol. The molecule has 1 heterocycles. The number of terminal acetylenes is 1. The quantitative estimate of drug-likeness (QED) is 0.572. The molecule has 3 nitrogen and oxygen atoms in total. The molecule has 3 heteroatoms. The van der Waals surface area contributed by atoms with Crippen LogP contribution in [0.15, 0.2) is 18.5 Å². The molecule has 0 aromatic carbocycles. The Kier molecular flexibility index (Phi) is 2.45. The van der Waals surface area contributed by atoms with E-state index in [0.717, 1.165) is 0 Å². The van der Waals surface area contributed by atoms with Crippen LogP contribution in [-0.4, -0.2) is 23.6 Å². The lowest BCUT2D eigenvalue weighted by Crippen LogP contribution is -2.19. The molecule has 0 radical (unpaired) electrons. The second-order valence-corrected chi connectivity index (χ2v) is 2.11. The van der Waals surface area contributed by atoms with Crippen LogP contribution in [-0.2, 0) is 0 Å². The first-order valence-electron chi connectivity index (χ1n) is 3.26. The Hall–Kier alpha value is -1.56. The van der Waals surface area contributed by atoms with Crippen LogP contribution in [0.4, 0.5) is 5.95 Å². The molecule has 0 atom stereocenters. The summed E-state index contributed by atoms with van der Waals surface area (Å²) in [5.41, 5.74) is 0. The van der Waals surface area contributed by atoms with E-state index in [0.29, 0.717) is 12.5 Å². The van der Waals surface area contributed by atoms with Crippen LogP contribution in [0.5, 0.6) is 0 Å². The number of anilines is 1. The molecule has 0 spiro atoms. The summed E-state index contributed by atoms with van der Waals surface area (Å²) in [4.78, 5) is 9.84. The van der Waals surface area contributed by atoms with Crippen molar-refractivity contribution in [1.29, 1.82) is 0 Å². The van der Waals surface area contributed by atoms with Crippen LogP contribution >= 0.6 is 0 Å². The van der Waals surface area contributed by atoms with Crippen molar-refractivity contribution in [2.75, 3.05) is 18.5 Å². The van der Waals surface area contributed by atoms with Gasteiger partial charge in [-0.3, -0.25) is 0 Å². The first-order valence-corrected chi connectivity index (χ1v) is 3.26. The molecule has 0 unspecified atom stereocenters. The molecule has 0 saturated carbocycles. The number of hydrogen-bond acceptors (Lipinski definition) is 3. The molecule has 0 amide bonds. The molecule has 0 aliphatic heterocycles. The van der Waals surface area contributed by atoms with Gasteiger partial charge < -0.3 is 4.90 Å². The first-order chi connectivity index (χ1) is 5.34. The Labute approximate surface area is 66.1 Å². The molecule has 1 aromatic heterocycles. The third kappa shape index (κ3) is 1.94. The first kappa shape index (κ1) is 7.55. The van der Waals surface area contributed by atoms with E-state index in [9.17, 15) is 0 Å². The minimum Gasteiger partial charge on any atom is -0.333 e. The Morgan fingerprint density at radius 2 is 2.18 bits per heavy atom. The molecule has 0 aliphatic carbocycles. The summed E-state index contributed by atoms with van der Waals surface area (Å²) < 4.78 is 0. The van der Waals surface area contributed by atoms with Gasteiger partial charge in [-0.05, 0) is 6.07 Å². The lowest BCUT2D eigenvalue weighted by atomic mass is 10.6. The number of rotatable bonds is 2. The van der Waals surface area contributed by atoms with Crippen molar-refractivity contribution in [3.63, 3.8) is 0 Å². The van der Waals surface area contributed by atoms with Crippen LogP contribution in [0.3, 0.4) is 0 Å². The minimum absolute atomic E-state index is 0.532. The van der Waals surface area contributed by atoms with Crippen molar-refractivity contribution < 1.29 is 0 Å². The van der Waals surface area contributed by atoms with E-state index in [1.54, 1.807) is 23.4 Å². The molecule has 0 N–H and O–H groups in total. The molecule has 1 rings (SSSR count). The Bertz CT molecular complexity index is 250. The molecule has 0 aliphatic rings. The number of nitrogens with zero attached hydrogens (tertiary/aromatic N) is 3. The zero-order valence-corrected chi connectivity index (χ0v) is 6.36. The monoisotopic (exact) mass is 147 g/mol. The van der Waals surface area contributed by atoms with Crippen molar-refractivity contribution in [3.8, 4) is 12.3 Å². The molecular formula is C8H9N3. The van der Waals surface area contributed by atoms with Gasteiger partial charge in [0.15, 0.2) is 0 Å². The summed E-state index contributed by atoms with van der Waals surface area (Å²) >= 11 is 0. The number of hydrogen-bond donors (Lipinski definition) is 0. The van der Waals surface area contributed by atoms with Gasteiger partial charge in [0.25, 0.3) is 0 Å². The molecule has 1 aromatic rings. The summed E-state index contributed by atoms with van der Waals surface area (Å²) in [7, 11) is 1.86. The second-order valence-electron chi connectivity index (χ2n) is 2.11. The van der Waals surface area contributed by atoms with E-state index in [-0.39, 0.29) is 0 Å². The van der Waals surface area contributed by atoms with Gasteiger partial charge in [-0.2, -0.15) is 0 Å². The van der Waals surface area contributed by atoms with E-state index >= 15 is 0 Å². The topological polar surface area (TPSA) is 29.0 Å². The summed E-state index contributed by atoms with van der Waals surface area (Å²) in [6.07, 6.45) is 8.50. The molecule has 11 heavy (non-hydrogen) atoms. The highest BCUT2D eigenvalue weighted by Gasteiger charge is 1.98. The Balaban J connectivity index is 2.70. The molecule has 0 bridgehead atoms. The fourth-order valence-electron chi connectivity index (χ4n) is 0.696. The molecule has 56 valence electrons. The van der Waals surface area contributed by atoms with Crippen molar-refractivity contribution in [2.45, 2.75) is 0 Å². The van der Waals surface area contributed by atoms with E-state index in [2.05, 4.69) is 15.9 Å².